The summed E-state index contributed by atoms with van der Waals surface area (Å²) in [5.74, 6) is 0.130. The first-order valence-corrected chi connectivity index (χ1v) is 21.3. The summed E-state index contributed by atoms with van der Waals surface area (Å²) in [6.45, 7) is 4.37. The van der Waals surface area contributed by atoms with Gasteiger partial charge in [0.2, 0.25) is 0 Å². The molecule has 9 aromatic carbocycles. The van der Waals surface area contributed by atoms with Crippen molar-refractivity contribution in [3.05, 3.63) is 221 Å². The third-order valence-electron chi connectivity index (χ3n) is 13.0. The van der Waals surface area contributed by atoms with E-state index >= 15 is 0 Å². The molecule has 12 rings (SSSR count). The van der Waals surface area contributed by atoms with Crippen LogP contribution in [0.1, 0.15) is 59.2 Å². The first kappa shape index (κ1) is 35.5. The van der Waals surface area contributed by atoms with Crippen molar-refractivity contribution in [2.75, 3.05) is 0 Å². The molecule has 61 heavy (non-hydrogen) atoms. The molecule has 0 saturated carbocycles. The molecule has 1 aliphatic carbocycles. The number of furan rings is 2. The predicted octanol–water partition coefficient (Wildman–Crippen LogP) is 15.8. The van der Waals surface area contributed by atoms with Crippen molar-refractivity contribution in [1.29, 1.82) is 0 Å². The lowest BCUT2D eigenvalue weighted by Gasteiger charge is -2.31. The van der Waals surface area contributed by atoms with Gasteiger partial charge in [-0.2, -0.15) is 0 Å². The van der Waals surface area contributed by atoms with Crippen molar-refractivity contribution in [2.45, 2.75) is 32.2 Å². The van der Waals surface area contributed by atoms with Crippen molar-refractivity contribution >= 4 is 76.7 Å². The summed E-state index contributed by atoms with van der Waals surface area (Å²) < 4.78 is 13.1. The zero-order valence-corrected chi connectivity index (χ0v) is 34.0. The number of aliphatic imine (C=N–C) groups is 1. The Hall–Kier alpha value is -7.49. The van der Waals surface area contributed by atoms with Gasteiger partial charge in [0.05, 0.1) is 11.8 Å². The SMILES string of the molecule is C/C(=C\C(=NC(C)c1cc(C2Cc3ccc4ccccc4c3-c3c2ccc2ccccc32)cc2c1oc1ccccc12)c1ccccc1)c1ccc2c(c1)oc1ccccc12. The fourth-order valence-corrected chi connectivity index (χ4v) is 10.00. The molecule has 2 heterocycles. The molecule has 0 N–H and O–H groups in total. The first-order valence-electron chi connectivity index (χ1n) is 21.3. The van der Waals surface area contributed by atoms with Crippen LogP contribution in [-0.2, 0) is 6.42 Å². The Balaban J connectivity index is 1.03. The molecular weight excluding hydrogens is 743 g/mol. The van der Waals surface area contributed by atoms with Crippen LogP contribution in [0.15, 0.2) is 202 Å². The molecule has 0 amide bonds. The molecule has 0 saturated heterocycles. The number of hydrogen-bond acceptors (Lipinski definition) is 3. The van der Waals surface area contributed by atoms with Crippen LogP contribution < -0.4 is 0 Å². The molecule has 1 aliphatic rings. The highest BCUT2D eigenvalue weighted by atomic mass is 16.3. The van der Waals surface area contributed by atoms with E-state index in [2.05, 4.69) is 190 Å². The number of hydrogen-bond donors (Lipinski definition) is 0. The zero-order chi connectivity index (χ0) is 40.6. The zero-order valence-electron chi connectivity index (χ0n) is 34.0. The van der Waals surface area contributed by atoms with E-state index in [4.69, 9.17) is 13.8 Å². The summed E-state index contributed by atoms with van der Waals surface area (Å²) in [6.07, 6.45) is 3.12. The van der Waals surface area contributed by atoms with E-state index in [1.165, 1.54) is 49.4 Å². The summed E-state index contributed by atoms with van der Waals surface area (Å²) in [5.41, 5.74) is 15.6. The van der Waals surface area contributed by atoms with E-state index in [1.54, 1.807) is 0 Å². The van der Waals surface area contributed by atoms with E-state index in [-0.39, 0.29) is 12.0 Å². The number of para-hydroxylation sites is 2. The van der Waals surface area contributed by atoms with E-state index < -0.39 is 0 Å². The second-order valence-electron chi connectivity index (χ2n) is 16.6. The van der Waals surface area contributed by atoms with Gasteiger partial charge in [-0.1, -0.05) is 146 Å². The van der Waals surface area contributed by atoms with Gasteiger partial charge >= 0.3 is 0 Å². The van der Waals surface area contributed by atoms with Crippen LogP contribution in [0.5, 0.6) is 0 Å². The quantitative estimate of drug-likeness (QED) is 0.158. The van der Waals surface area contributed by atoms with Crippen LogP contribution in [0, 0.1) is 0 Å². The molecule has 2 unspecified atom stereocenters. The molecule has 0 aliphatic heterocycles. The normalized spacial score (nSPS) is 15.0. The van der Waals surface area contributed by atoms with E-state index in [9.17, 15) is 0 Å². The van der Waals surface area contributed by atoms with Crippen molar-refractivity contribution in [3.8, 4) is 11.1 Å². The lowest BCUT2D eigenvalue weighted by Crippen LogP contribution is -2.14. The highest BCUT2D eigenvalue weighted by Gasteiger charge is 2.30. The maximum Gasteiger partial charge on any atom is 0.140 e. The average Bonchev–Trinajstić information content (AvgIpc) is 3.88. The molecule has 11 aromatic rings. The van der Waals surface area contributed by atoms with Gasteiger partial charge in [-0.3, -0.25) is 4.99 Å². The molecule has 3 heteroatoms. The van der Waals surface area contributed by atoms with Crippen molar-refractivity contribution in [1.82, 2.24) is 0 Å². The Morgan fingerprint density at radius 2 is 1.16 bits per heavy atom. The second kappa shape index (κ2) is 14.1. The molecule has 3 nitrogen and oxygen atoms in total. The molecule has 0 radical (unpaired) electrons. The summed E-state index contributed by atoms with van der Waals surface area (Å²) in [4.78, 5) is 5.60. The molecule has 290 valence electrons. The molecule has 0 spiro atoms. The molecule has 2 atom stereocenters. The predicted molar refractivity (Wildman–Crippen MR) is 255 cm³/mol. The lowest BCUT2D eigenvalue weighted by molar-refractivity contribution is 0.653. The van der Waals surface area contributed by atoms with Gasteiger partial charge in [-0.25, -0.2) is 0 Å². The Bertz CT molecular complexity index is 3600. The van der Waals surface area contributed by atoms with Crippen molar-refractivity contribution < 1.29 is 8.83 Å². The van der Waals surface area contributed by atoms with Gasteiger partial charge in [0.15, 0.2) is 0 Å². The average molecular weight is 784 g/mol. The van der Waals surface area contributed by atoms with Crippen LogP contribution in [0.25, 0.3) is 82.1 Å². The molecular formula is C58H41NO2. The fourth-order valence-electron chi connectivity index (χ4n) is 10.00. The Morgan fingerprint density at radius 3 is 1.93 bits per heavy atom. The Labute approximate surface area is 353 Å². The van der Waals surface area contributed by atoms with Gasteiger partial charge in [0, 0.05) is 33.0 Å². The van der Waals surface area contributed by atoms with Gasteiger partial charge < -0.3 is 8.83 Å². The van der Waals surface area contributed by atoms with Gasteiger partial charge in [0.1, 0.15) is 22.3 Å². The molecule has 0 fully saturated rings. The monoisotopic (exact) mass is 783 g/mol. The number of fused-ring (bicyclic) bond motifs is 13. The third-order valence-corrected chi connectivity index (χ3v) is 13.0. The van der Waals surface area contributed by atoms with Crippen molar-refractivity contribution in [2.24, 2.45) is 4.99 Å². The Kier molecular flexibility index (Phi) is 8.18. The minimum Gasteiger partial charge on any atom is -0.456 e. The minimum atomic E-state index is -0.226. The van der Waals surface area contributed by atoms with Crippen LogP contribution >= 0.6 is 0 Å². The minimum absolute atomic E-state index is 0.130. The first-order chi connectivity index (χ1) is 30.1. The number of benzene rings is 9. The highest BCUT2D eigenvalue weighted by molar-refractivity contribution is 6.14. The van der Waals surface area contributed by atoms with Gasteiger partial charge in [-0.05, 0) is 129 Å². The van der Waals surface area contributed by atoms with E-state index in [1.807, 2.05) is 12.1 Å². The topological polar surface area (TPSA) is 38.6 Å². The van der Waals surface area contributed by atoms with Crippen molar-refractivity contribution in [3.63, 3.8) is 0 Å². The Morgan fingerprint density at radius 1 is 0.541 bits per heavy atom. The molecule has 0 bridgehead atoms. The summed E-state index contributed by atoms with van der Waals surface area (Å²) >= 11 is 0. The summed E-state index contributed by atoms with van der Waals surface area (Å²) in [7, 11) is 0. The van der Waals surface area contributed by atoms with Crippen LogP contribution in [0.4, 0.5) is 0 Å². The van der Waals surface area contributed by atoms with Gasteiger partial charge in [-0.15, -0.1) is 0 Å². The number of allylic oxidation sites excluding steroid dienone is 2. The number of nitrogens with zero attached hydrogens (tertiary/aromatic N) is 1. The highest BCUT2D eigenvalue weighted by Crippen LogP contribution is 2.50. The van der Waals surface area contributed by atoms with E-state index in [0.717, 1.165) is 78.3 Å². The number of rotatable bonds is 6. The smallest absolute Gasteiger partial charge is 0.140 e. The maximum atomic E-state index is 6.79. The summed E-state index contributed by atoms with van der Waals surface area (Å²) in [6, 6.07) is 65.3. The van der Waals surface area contributed by atoms with Crippen LogP contribution in [-0.4, -0.2) is 5.71 Å². The van der Waals surface area contributed by atoms with Gasteiger partial charge in [0.25, 0.3) is 0 Å². The standard InChI is InChI=1S/C58H41NO2/c1-35(40-27-28-47-45-20-10-12-22-53(45)60-55(47)34-40)30-52(39-16-4-3-5-17-39)59-36(2)49-32-42(33-51-46-21-11-13-23-54(46)61-58(49)51)50-31-41-25-24-37-14-6-8-18-43(37)56(41)57-44-19-9-7-15-38(44)26-29-48(50)57/h3-30,32-34,36,50H,31H2,1-2H3/b35-30+,59-52?. The maximum absolute atomic E-state index is 6.79. The van der Waals surface area contributed by atoms with E-state index in [0.29, 0.717) is 0 Å². The lowest BCUT2D eigenvalue weighted by atomic mass is 9.72. The fraction of sp³-hybridized carbons (Fsp3) is 0.0862. The summed E-state index contributed by atoms with van der Waals surface area (Å²) in [5, 5.41) is 9.64. The van der Waals surface area contributed by atoms with Crippen LogP contribution in [0.2, 0.25) is 0 Å². The molecule has 2 aromatic heterocycles. The van der Waals surface area contributed by atoms with Crippen LogP contribution in [0.3, 0.4) is 0 Å². The third kappa shape index (κ3) is 5.84. The second-order valence-corrected chi connectivity index (χ2v) is 16.6. The largest absolute Gasteiger partial charge is 0.456 e.